The molecule has 2 aromatic heterocycles. The third-order valence-corrected chi connectivity index (χ3v) is 3.95. The number of benzene rings is 1. The fourth-order valence-electron chi connectivity index (χ4n) is 2.63. The molecule has 7 nitrogen and oxygen atoms in total. The van der Waals surface area contributed by atoms with Gasteiger partial charge in [-0.05, 0) is 51.4 Å². The first kappa shape index (κ1) is 17.8. The van der Waals surface area contributed by atoms with Gasteiger partial charge in [-0.3, -0.25) is 9.20 Å². The standard InChI is InChI=1S/C19H23N5O2/c1-13-18(19(25)21-9-11-23(2)3)24-10-8-16(12-17(24)22-13)26-15-6-4-14(20)5-7-15/h4-8,10,12H,9,11,20H2,1-3H3,(H,21,25). The van der Waals surface area contributed by atoms with Gasteiger partial charge < -0.3 is 20.7 Å². The first-order chi connectivity index (χ1) is 12.4. The summed E-state index contributed by atoms with van der Waals surface area (Å²) in [5.74, 6) is 1.20. The minimum absolute atomic E-state index is 0.135. The highest BCUT2D eigenvalue weighted by Gasteiger charge is 2.16. The van der Waals surface area contributed by atoms with E-state index in [2.05, 4.69) is 10.3 Å². The number of aryl methyl sites for hydroxylation is 1. The molecule has 7 heteroatoms. The van der Waals surface area contributed by atoms with Crippen LogP contribution in [0, 0.1) is 6.92 Å². The number of carbonyl (C=O) groups is 1. The largest absolute Gasteiger partial charge is 0.457 e. The molecule has 2 heterocycles. The Kier molecular flexibility index (Phi) is 5.09. The molecule has 0 saturated carbocycles. The summed E-state index contributed by atoms with van der Waals surface area (Å²) in [5.41, 5.74) is 8.24. The molecule has 0 atom stereocenters. The summed E-state index contributed by atoms with van der Waals surface area (Å²) in [6.45, 7) is 3.19. The normalized spacial score (nSPS) is 11.1. The second-order valence-corrected chi connectivity index (χ2v) is 6.37. The molecule has 1 aromatic carbocycles. The van der Waals surface area contributed by atoms with Gasteiger partial charge in [0.2, 0.25) is 0 Å². The molecule has 0 aliphatic rings. The van der Waals surface area contributed by atoms with E-state index in [-0.39, 0.29) is 5.91 Å². The molecule has 0 fully saturated rings. The Hall–Kier alpha value is -3.06. The number of rotatable bonds is 6. The van der Waals surface area contributed by atoms with E-state index < -0.39 is 0 Å². The number of nitrogen functional groups attached to an aromatic ring is 1. The summed E-state index contributed by atoms with van der Waals surface area (Å²) >= 11 is 0. The second kappa shape index (κ2) is 7.45. The lowest BCUT2D eigenvalue weighted by Gasteiger charge is -2.11. The van der Waals surface area contributed by atoms with E-state index in [0.29, 0.717) is 40.8 Å². The van der Waals surface area contributed by atoms with Gasteiger partial charge in [-0.1, -0.05) is 0 Å². The number of nitrogens with one attached hydrogen (secondary N) is 1. The van der Waals surface area contributed by atoms with E-state index in [1.165, 1.54) is 0 Å². The van der Waals surface area contributed by atoms with Crippen molar-refractivity contribution in [2.75, 3.05) is 32.9 Å². The third kappa shape index (κ3) is 3.94. The average Bonchev–Trinajstić information content (AvgIpc) is 2.91. The number of anilines is 1. The number of ether oxygens (including phenoxy) is 1. The van der Waals surface area contributed by atoms with Crippen LogP contribution >= 0.6 is 0 Å². The van der Waals surface area contributed by atoms with E-state index in [1.807, 2.05) is 25.9 Å². The highest BCUT2D eigenvalue weighted by Crippen LogP contribution is 2.24. The van der Waals surface area contributed by atoms with Crippen LogP contribution in [0.25, 0.3) is 5.65 Å². The summed E-state index contributed by atoms with van der Waals surface area (Å²) in [4.78, 5) is 19.0. The monoisotopic (exact) mass is 353 g/mol. The van der Waals surface area contributed by atoms with Crippen LogP contribution in [0.2, 0.25) is 0 Å². The van der Waals surface area contributed by atoms with Gasteiger partial charge in [0.05, 0.1) is 5.69 Å². The molecule has 0 bridgehead atoms. The predicted octanol–water partition coefficient (Wildman–Crippen LogP) is 2.31. The van der Waals surface area contributed by atoms with E-state index >= 15 is 0 Å². The lowest BCUT2D eigenvalue weighted by Crippen LogP contribution is -2.32. The van der Waals surface area contributed by atoms with Crippen LogP contribution in [0.4, 0.5) is 5.69 Å². The number of nitrogens with zero attached hydrogens (tertiary/aromatic N) is 3. The molecule has 3 rings (SSSR count). The maximum absolute atomic E-state index is 12.5. The summed E-state index contributed by atoms with van der Waals surface area (Å²) in [7, 11) is 3.93. The number of amides is 1. The number of carbonyl (C=O) groups excluding carboxylic acids is 1. The van der Waals surface area contributed by atoms with Crippen LogP contribution in [-0.4, -0.2) is 47.4 Å². The van der Waals surface area contributed by atoms with Crippen molar-refractivity contribution < 1.29 is 9.53 Å². The van der Waals surface area contributed by atoms with Crippen LogP contribution in [0.15, 0.2) is 42.6 Å². The Balaban J connectivity index is 1.81. The number of hydrogen-bond donors (Lipinski definition) is 2. The van der Waals surface area contributed by atoms with Crippen LogP contribution in [0.1, 0.15) is 16.2 Å². The molecule has 0 spiro atoms. The number of fused-ring (bicyclic) bond motifs is 1. The molecule has 1 amide bonds. The molecule has 0 unspecified atom stereocenters. The molecule has 26 heavy (non-hydrogen) atoms. The van der Waals surface area contributed by atoms with Crippen molar-refractivity contribution in [3.63, 3.8) is 0 Å². The van der Waals surface area contributed by atoms with Gasteiger partial charge in [-0.2, -0.15) is 0 Å². The van der Waals surface area contributed by atoms with Crippen molar-refractivity contribution in [1.82, 2.24) is 19.6 Å². The molecular formula is C19H23N5O2. The zero-order valence-corrected chi connectivity index (χ0v) is 15.2. The van der Waals surface area contributed by atoms with E-state index in [9.17, 15) is 4.79 Å². The minimum atomic E-state index is -0.135. The van der Waals surface area contributed by atoms with Gasteiger partial charge in [0, 0.05) is 31.0 Å². The van der Waals surface area contributed by atoms with Gasteiger partial charge >= 0.3 is 0 Å². The lowest BCUT2D eigenvalue weighted by atomic mass is 10.3. The zero-order chi connectivity index (χ0) is 18.7. The Morgan fingerprint density at radius 3 is 2.65 bits per heavy atom. The number of aromatic nitrogens is 2. The van der Waals surface area contributed by atoms with Gasteiger partial charge in [0.25, 0.3) is 5.91 Å². The lowest BCUT2D eigenvalue weighted by molar-refractivity contribution is 0.0944. The molecule has 0 aliphatic heterocycles. The highest BCUT2D eigenvalue weighted by atomic mass is 16.5. The fourth-order valence-corrected chi connectivity index (χ4v) is 2.63. The first-order valence-electron chi connectivity index (χ1n) is 8.39. The molecule has 0 radical (unpaired) electrons. The SMILES string of the molecule is Cc1nc2cc(Oc3ccc(N)cc3)ccn2c1C(=O)NCCN(C)C. The van der Waals surface area contributed by atoms with Gasteiger partial charge in [0.1, 0.15) is 22.8 Å². The summed E-state index contributed by atoms with van der Waals surface area (Å²) in [6, 6.07) is 10.8. The average molecular weight is 353 g/mol. The summed E-state index contributed by atoms with van der Waals surface area (Å²) < 4.78 is 7.60. The van der Waals surface area contributed by atoms with Crippen molar-refractivity contribution in [3.8, 4) is 11.5 Å². The maximum Gasteiger partial charge on any atom is 0.270 e. The summed E-state index contributed by atoms with van der Waals surface area (Å²) in [6.07, 6.45) is 1.79. The maximum atomic E-state index is 12.5. The van der Waals surface area contributed by atoms with E-state index in [0.717, 1.165) is 6.54 Å². The Morgan fingerprint density at radius 2 is 1.96 bits per heavy atom. The fraction of sp³-hybridized carbons (Fsp3) is 0.263. The second-order valence-electron chi connectivity index (χ2n) is 6.37. The van der Waals surface area contributed by atoms with Crippen LogP contribution < -0.4 is 15.8 Å². The number of imidazole rings is 1. The first-order valence-corrected chi connectivity index (χ1v) is 8.39. The molecule has 0 saturated heterocycles. The van der Waals surface area contributed by atoms with Crippen molar-refractivity contribution in [1.29, 1.82) is 0 Å². The summed E-state index contributed by atoms with van der Waals surface area (Å²) in [5, 5.41) is 2.92. The molecule has 3 aromatic rings. The Labute approximate surface area is 152 Å². The number of likely N-dealkylation sites (N-methyl/N-ethyl adjacent to an activating group) is 1. The Bertz CT molecular complexity index is 916. The van der Waals surface area contributed by atoms with Crippen molar-refractivity contribution in [3.05, 3.63) is 54.0 Å². The van der Waals surface area contributed by atoms with Crippen molar-refractivity contribution in [2.24, 2.45) is 0 Å². The molecular weight excluding hydrogens is 330 g/mol. The topological polar surface area (TPSA) is 84.9 Å². The molecule has 3 N–H and O–H groups in total. The number of pyridine rings is 1. The third-order valence-electron chi connectivity index (χ3n) is 3.95. The molecule has 136 valence electrons. The quantitative estimate of drug-likeness (QED) is 0.664. The molecule has 0 aliphatic carbocycles. The Morgan fingerprint density at radius 1 is 1.23 bits per heavy atom. The van der Waals surface area contributed by atoms with Gasteiger partial charge in [0.15, 0.2) is 0 Å². The van der Waals surface area contributed by atoms with Crippen LogP contribution in [0.3, 0.4) is 0 Å². The number of hydrogen-bond acceptors (Lipinski definition) is 5. The smallest absolute Gasteiger partial charge is 0.270 e. The minimum Gasteiger partial charge on any atom is -0.457 e. The van der Waals surface area contributed by atoms with Crippen molar-refractivity contribution >= 4 is 17.2 Å². The van der Waals surface area contributed by atoms with Crippen LogP contribution in [0.5, 0.6) is 11.5 Å². The van der Waals surface area contributed by atoms with Crippen LogP contribution in [-0.2, 0) is 0 Å². The van der Waals surface area contributed by atoms with Gasteiger partial charge in [-0.25, -0.2) is 4.98 Å². The number of nitrogens with two attached hydrogens (primary N) is 1. The van der Waals surface area contributed by atoms with Crippen molar-refractivity contribution in [2.45, 2.75) is 6.92 Å². The van der Waals surface area contributed by atoms with Gasteiger partial charge in [-0.15, -0.1) is 0 Å². The van der Waals surface area contributed by atoms with E-state index in [4.69, 9.17) is 10.5 Å². The predicted molar refractivity (Wildman–Crippen MR) is 102 cm³/mol. The highest BCUT2D eigenvalue weighted by molar-refractivity contribution is 5.94. The zero-order valence-electron chi connectivity index (χ0n) is 15.2. The van der Waals surface area contributed by atoms with E-state index in [1.54, 1.807) is 47.0 Å².